The first kappa shape index (κ1) is 18.9. The van der Waals surface area contributed by atoms with Gasteiger partial charge in [-0.2, -0.15) is 0 Å². The van der Waals surface area contributed by atoms with Crippen LogP contribution in [0.5, 0.6) is 0 Å². The van der Waals surface area contributed by atoms with Crippen molar-refractivity contribution >= 4 is 22.4 Å². The molecule has 0 aliphatic heterocycles. The molecule has 0 saturated carbocycles. The fourth-order valence-electron chi connectivity index (χ4n) is 2.69. The van der Waals surface area contributed by atoms with Gasteiger partial charge in [0, 0.05) is 22.6 Å². The Morgan fingerprint density at radius 1 is 0.966 bits per heavy atom. The first-order valence-corrected chi connectivity index (χ1v) is 9.97. The van der Waals surface area contributed by atoms with Crippen LogP contribution in [-0.2, 0) is 0 Å². The number of aryl methyl sites for hydroxylation is 1. The Labute approximate surface area is 171 Å². The molecule has 0 spiro atoms. The van der Waals surface area contributed by atoms with Crippen LogP contribution >= 0.6 is 11.3 Å². The molecule has 0 unspecified atom stereocenters. The van der Waals surface area contributed by atoms with Crippen LogP contribution in [0.25, 0.3) is 22.9 Å². The lowest BCUT2D eigenvalue weighted by Gasteiger charge is -2.02. The maximum atomic E-state index is 12.4. The van der Waals surface area contributed by atoms with Gasteiger partial charge >= 0.3 is 0 Å². The van der Waals surface area contributed by atoms with E-state index in [1.165, 1.54) is 11.3 Å². The van der Waals surface area contributed by atoms with Gasteiger partial charge < -0.3 is 4.42 Å². The fourth-order valence-corrected chi connectivity index (χ4v) is 3.43. The summed E-state index contributed by atoms with van der Waals surface area (Å²) in [5.74, 6) is 0.896. The van der Waals surface area contributed by atoms with Crippen LogP contribution in [0.4, 0.5) is 5.13 Å². The Bertz CT molecular complexity index is 1150. The zero-order chi connectivity index (χ0) is 20.4. The largest absolute Gasteiger partial charge is 0.416 e. The second-order valence-corrected chi connectivity index (χ2v) is 7.92. The molecule has 1 N–H and O–H groups in total. The van der Waals surface area contributed by atoms with Crippen molar-refractivity contribution in [2.24, 2.45) is 0 Å². The van der Waals surface area contributed by atoms with Gasteiger partial charge in [-0.3, -0.25) is 10.1 Å². The van der Waals surface area contributed by atoms with E-state index in [0.717, 1.165) is 21.7 Å². The summed E-state index contributed by atoms with van der Waals surface area (Å²) in [5.41, 5.74) is 3.24. The summed E-state index contributed by atoms with van der Waals surface area (Å²) < 4.78 is 5.79. The van der Waals surface area contributed by atoms with E-state index in [1.807, 2.05) is 45.0 Å². The van der Waals surface area contributed by atoms with Crippen LogP contribution in [0.1, 0.15) is 40.7 Å². The van der Waals surface area contributed by atoms with Gasteiger partial charge in [0.15, 0.2) is 0 Å². The first-order chi connectivity index (χ1) is 14.0. The van der Waals surface area contributed by atoms with E-state index >= 15 is 0 Å². The number of carbonyl (C=O) groups is 1. The maximum Gasteiger partial charge on any atom is 0.257 e. The van der Waals surface area contributed by atoms with Gasteiger partial charge in [0.1, 0.15) is 5.01 Å². The highest BCUT2D eigenvalue weighted by Crippen LogP contribution is 2.26. The summed E-state index contributed by atoms with van der Waals surface area (Å²) in [5, 5.41) is 20.5. The Hall–Kier alpha value is -3.39. The van der Waals surface area contributed by atoms with E-state index in [2.05, 4.69) is 25.7 Å². The molecule has 0 bridgehead atoms. The molecule has 0 aliphatic rings. The molecule has 0 saturated heterocycles. The van der Waals surface area contributed by atoms with Crippen LogP contribution in [0.2, 0.25) is 0 Å². The Kier molecular flexibility index (Phi) is 5.18. The molecule has 8 heteroatoms. The average molecular weight is 405 g/mol. The monoisotopic (exact) mass is 405 g/mol. The third kappa shape index (κ3) is 4.22. The molecule has 0 atom stereocenters. The normalized spacial score (nSPS) is 11.0. The zero-order valence-electron chi connectivity index (χ0n) is 16.2. The highest BCUT2D eigenvalue weighted by molar-refractivity contribution is 7.15. The van der Waals surface area contributed by atoms with Crippen LogP contribution in [0.3, 0.4) is 0 Å². The number of nitrogens with one attached hydrogen (secondary N) is 1. The van der Waals surface area contributed by atoms with Crippen molar-refractivity contribution in [1.29, 1.82) is 0 Å². The van der Waals surface area contributed by atoms with Gasteiger partial charge in [-0.25, -0.2) is 0 Å². The second-order valence-electron chi connectivity index (χ2n) is 6.91. The molecule has 0 aliphatic carbocycles. The molecule has 7 nitrogen and oxygen atoms in total. The molecule has 146 valence electrons. The Morgan fingerprint density at radius 2 is 1.69 bits per heavy atom. The number of nitrogens with zero attached hydrogens (tertiary/aromatic N) is 4. The van der Waals surface area contributed by atoms with Crippen molar-refractivity contribution in [2.45, 2.75) is 26.7 Å². The minimum atomic E-state index is -0.242. The second kappa shape index (κ2) is 7.92. The number of benzene rings is 2. The molecule has 2 aromatic carbocycles. The molecule has 1 amide bonds. The molecular formula is C21H19N5O2S. The molecule has 2 aromatic heterocycles. The number of aromatic nitrogens is 4. The van der Waals surface area contributed by atoms with E-state index < -0.39 is 0 Å². The lowest BCUT2D eigenvalue weighted by atomic mass is 10.1. The van der Waals surface area contributed by atoms with E-state index in [4.69, 9.17) is 4.42 Å². The van der Waals surface area contributed by atoms with Crippen molar-refractivity contribution in [3.05, 3.63) is 64.7 Å². The molecular weight excluding hydrogens is 386 g/mol. The maximum absolute atomic E-state index is 12.4. The van der Waals surface area contributed by atoms with Crippen molar-refractivity contribution in [2.75, 3.05) is 5.32 Å². The van der Waals surface area contributed by atoms with Gasteiger partial charge in [0.2, 0.25) is 16.9 Å². The standard InChI is InChI=1S/C21H19N5O2S/c1-12(2)20-25-26-21(29-20)22-17(27)14-7-9-15(10-8-14)18-23-24-19(28-18)16-6-4-5-13(3)11-16/h4-12H,1-3H3,(H,22,26,27). The number of hydrogen-bond acceptors (Lipinski definition) is 7. The summed E-state index contributed by atoms with van der Waals surface area (Å²) in [7, 11) is 0. The first-order valence-electron chi connectivity index (χ1n) is 9.15. The Balaban J connectivity index is 1.48. The molecule has 0 fully saturated rings. The van der Waals surface area contributed by atoms with Gasteiger partial charge in [-0.1, -0.05) is 42.9 Å². The van der Waals surface area contributed by atoms with E-state index in [0.29, 0.717) is 22.5 Å². The summed E-state index contributed by atoms with van der Waals surface area (Å²) in [6.45, 7) is 6.08. The molecule has 29 heavy (non-hydrogen) atoms. The number of amides is 1. The summed E-state index contributed by atoms with van der Waals surface area (Å²) in [4.78, 5) is 12.4. The Morgan fingerprint density at radius 3 is 2.34 bits per heavy atom. The molecule has 4 rings (SSSR count). The van der Waals surface area contributed by atoms with Gasteiger partial charge in [-0.15, -0.1) is 20.4 Å². The van der Waals surface area contributed by atoms with Crippen LogP contribution in [0.15, 0.2) is 52.9 Å². The molecule has 0 radical (unpaired) electrons. The van der Waals surface area contributed by atoms with Crippen LogP contribution < -0.4 is 5.32 Å². The van der Waals surface area contributed by atoms with Gasteiger partial charge in [0.25, 0.3) is 5.91 Å². The lowest BCUT2D eigenvalue weighted by Crippen LogP contribution is -2.11. The van der Waals surface area contributed by atoms with E-state index in [1.54, 1.807) is 24.3 Å². The average Bonchev–Trinajstić information content (AvgIpc) is 3.38. The highest BCUT2D eigenvalue weighted by atomic mass is 32.1. The topological polar surface area (TPSA) is 93.8 Å². The van der Waals surface area contributed by atoms with Gasteiger partial charge in [-0.05, 0) is 43.3 Å². The summed E-state index contributed by atoms with van der Waals surface area (Å²) >= 11 is 1.38. The predicted octanol–water partition coefficient (Wildman–Crippen LogP) is 4.94. The minimum Gasteiger partial charge on any atom is -0.416 e. The van der Waals surface area contributed by atoms with Crippen molar-refractivity contribution in [1.82, 2.24) is 20.4 Å². The number of anilines is 1. The fraction of sp³-hybridized carbons (Fsp3) is 0.190. The lowest BCUT2D eigenvalue weighted by molar-refractivity contribution is 0.102. The zero-order valence-corrected chi connectivity index (χ0v) is 17.0. The van der Waals surface area contributed by atoms with E-state index in [9.17, 15) is 4.79 Å². The SMILES string of the molecule is Cc1cccc(-c2nnc(-c3ccc(C(=O)Nc4nnc(C(C)C)s4)cc3)o2)c1. The predicted molar refractivity (Wildman–Crippen MR) is 112 cm³/mol. The van der Waals surface area contributed by atoms with Crippen molar-refractivity contribution < 1.29 is 9.21 Å². The number of hydrogen-bond donors (Lipinski definition) is 1. The van der Waals surface area contributed by atoms with Gasteiger partial charge in [0.05, 0.1) is 0 Å². The third-order valence-corrected chi connectivity index (χ3v) is 5.38. The quantitative estimate of drug-likeness (QED) is 0.505. The van der Waals surface area contributed by atoms with E-state index in [-0.39, 0.29) is 11.8 Å². The number of rotatable bonds is 5. The van der Waals surface area contributed by atoms with Crippen LogP contribution in [-0.4, -0.2) is 26.3 Å². The summed E-state index contributed by atoms with van der Waals surface area (Å²) in [6.07, 6.45) is 0. The highest BCUT2D eigenvalue weighted by Gasteiger charge is 2.14. The van der Waals surface area contributed by atoms with Crippen molar-refractivity contribution in [3.8, 4) is 22.9 Å². The molecule has 4 aromatic rings. The summed E-state index contributed by atoms with van der Waals surface area (Å²) in [6, 6.07) is 14.9. The minimum absolute atomic E-state index is 0.242. The van der Waals surface area contributed by atoms with Crippen molar-refractivity contribution in [3.63, 3.8) is 0 Å². The smallest absolute Gasteiger partial charge is 0.257 e. The van der Waals surface area contributed by atoms with Crippen LogP contribution in [0, 0.1) is 6.92 Å². The third-order valence-electron chi connectivity index (χ3n) is 4.24. The molecule has 2 heterocycles. The number of carbonyl (C=O) groups excluding carboxylic acids is 1.